The van der Waals surface area contributed by atoms with Crippen molar-refractivity contribution in [3.63, 3.8) is 0 Å². The average molecular weight is 246 g/mol. The van der Waals surface area contributed by atoms with E-state index < -0.39 is 0 Å². The van der Waals surface area contributed by atoms with E-state index in [9.17, 15) is 0 Å². The number of hydrogen-bond donors (Lipinski definition) is 1. The summed E-state index contributed by atoms with van der Waals surface area (Å²) in [4.78, 5) is 5.52. The summed E-state index contributed by atoms with van der Waals surface area (Å²) in [6.07, 6.45) is 10.0. The third kappa shape index (κ3) is 4.06. The predicted molar refractivity (Wildman–Crippen MR) is 65.9 cm³/mol. The minimum absolute atomic E-state index is 0.253. The molecule has 0 aromatic heterocycles. The molecule has 15 heavy (non-hydrogen) atoms. The first kappa shape index (κ1) is 12.3. The van der Waals surface area contributed by atoms with Gasteiger partial charge in [0.1, 0.15) is 0 Å². The average Bonchev–Trinajstić information content (AvgIpc) is 2.43. The lowest BCUT2D eigenvalue weighted by Crippen LogP contribution is -2.34. The van der Waals surface area contributed by atoms with Crippen molar-refractivity contribution in [2.45, 2.75) is 18.9 Å². The van der Waals surface area contributed by atoms with E-state index in [0.29, 0.717) is 0 Å². The topological polar surface area (TPSA) is 39.5 Å². The van der Waals surface area contributed by atoms with Crippen LogP contribution in [0.25, 0.3) is 0 Å². The van der Waals surface area contributed by atoms with Gasteiger partial charge in [-0.05, 0) is 36.0 Å². The number of rotatable bonds is 1. The fourth-order valence-electron chi connectivity index (χ4n) is 1.35. The molecule has 0 aromatic rings. The first-order valence-corrected chi connectivity index (χ1v) is 5.39. The van der Waals surface area contributed by atoms with Crippen LogP contribution in [0.2, 0.25) is 0 Å². The fourth-order valence-corrected chi connectivity index (χ4v) is 1.70. The van der Waals surface area contributed by atoms with Crippen LogP contribution in [-0.2, 0) is 0 Å². The van der Waals surface area contributed by atoms with Crippen LogP contribution in [0.3, 0.4) is 0 Å². The molecule has 3 nitrogen and oxygen atoms in total. The normalized spacial score (nSPS) is 17.7. The van der Waals surface area contributed by atoms with E-state index in [1.807, 2.05) is 24.1 Å². The summed E-state index contributed by atoms with van der Waals surface area (Å²) in [7, 11) is 1.85. The number of nitrogens with one attached hydrogen (secondary N) is 1. The maximum atomic E-state index is 7.01. The first-order chi connectivity index (χ1) is 7.11. The summed E-state index contributed by atoms with van der Waals surface area (Å²) in [5.41, 5.74) is 0. The lowest BCUT2D eigenvalue weighted by Gasteiger charge is -2.25. The zero-order valence-electron chi connectivity index (χ0n) is 8.45. The number of halogens is 2. The van der Waals surface area contributed by atoms with Crippen molar-refractivity contribution < 1.29 is 0 Å². The van der Waals surface area contributed by atoms with Gasteiger partial charge in [0.15, 0.2) is 0 Å². The molecule has 0 spiro atoms. The maximum Gasteiger partial charge on any atom is 0.217 e. The Bertz CT molecular complexity index is 307. The third-order valence-electron chi connectivity index (χ3n) is 2.23. The van der Waals surface area contributed by atoms with Crippen molar-refractivity contribution in [2.24, 2.45) is 4.99 Å². The molecule has 82 valence electrons. The molecule has 5 heteroatoms. The Kier molecular flexibility index (Phi) is 4.85. The second-order valence-corrected chi connectivity index (χ2v) is 3.96. The highest BCUT2D eigenvalue weighted by molar-refractivity contribution is 6.70. The van der Waals surface area contributed by atoms with Gasteiger partial charge in [-0.3, -0.25) is 5.41 Å². The molecule has 0 saturated carbocycles. The smallest absolute Gasteiger partial charge is 0.217 e. The van der Waals surface area contributed by atoms with E-state index in [4.69, 9.17) is 28.6 Å². The van der Waals surface area contributed by atoms with Gasteiger partial charge in [-0.25, -0.2) is 0 Å². The van der Waals surface area contributed by atoms with Gasteiger partial charge in [0.25, 0.3) is 0 Å². The molecular formula is C10H13Cl2N3. The molecular weight excluding hydrogens is 233 g/mol. The van der Waals surface area contributed by atoms with Crippen molar-refractivity contribution in [1.82, 2.24) is 4.90 Å². The number of allylic oxidation sites excluding steroid dienone is 2. The van der Waals surface area contributed by atoms with Gasteiger partial charge in [-0.2, -0.15) is 4.99 Å². The number of hydrogen-bond acceptors (Lipinski definition) is 1. The van der Waals surface area contributed by atoms with Crippen LogP contribution in [0.5, 0.6) is 0 Å². The molecule has 0 saturated heterocycles. The molecule has 0 fully saturated rings. The fraction of sp³-hybridized carbons (Fsp3) is 0.400. The lowest BCUT2D eigenvalue weighted by atomic mass is 10.1. The van der Waals surface area contributed by atoms with Crippen LogP contribution in [-0.4, -0.2) is 28.6 Å². The number of aliphatic imine (C=N–C) groups is 1. The van der Waals surface area contributed by atoms with E-state index in [0.717, 1.165) is 12.8 Å². The molecule has 1 rings (SSSR count). The SMILES string of the molecule is CN(/C(Cl)=N\C(=N)Cl)C1CC=CC=CC1. The van der Waals surface area contributed by atoms with Gasteiger partial charge in [-0.1, -0.05) is 24.3 Å². The summed E-state index contributed by atoms with van der Waals surface area (Å²) in [6.45, 7) is 0. The maximum absolute atomic E-state index is 7.01. The van der Waals surface area contributed by atoms with Crippen LogP contribution >= 0.6 is 23.2 Å². The quantitative estimate of drug-likeness (QED) is 0.431. The minimum Gasteiger partial charge on any atom is -0.346 e. The Balaban J connectivity index is 2.66. The Morgan fingerprint density at radius 3 is 2.33 bits per heavy atom. The molecule has 0 heterocycles. The molecule has 0 amide bonds. The molecule has 1 N–H and O–H groups in total. The molecule has 1 aliphatic rings. The Morgan fingerprint density at radius 1 is 1.33 bits per heavy atom. The third-order valence-corrected chi connectivity index (χ3v) is 2.66. The summed E-state index contributed by atoms with van der Waals surface area (Å²) >= 11 is 11.3. The van der Waals surface area contributed by atoms with Crippen LogP contribution in [0.4, 0.5) is 0 Å². The highest BCUT2D eigenvalue weighted by atomic mass is 35.5. The number of amidine groups is 2. The van der Waals surface area contributed by atoms with Gasteiger partial charge >= 0.3 is 0 Å². The summed E-state index contributed by atoms with van der Waals surface area (Å²) in [5, 5.41) is 6.97. The molecule has 0 aromatic carbocycles. The second-order valence-electron chi connectivity index (χ2n) is 3.26. The van der Waals surface area contributed by atoms with E-state index in [1.165, 1.54) is 0 Å². The summed E-state index contributed by atoms with van der Waals surface area (Å²) in [6, 6.07) is 0.271. The largest absolute Gasteiger partial charge is 0.346 e. The standard InChI is InChI=1S/C10H13Cl2N3/c1-15(10(12)14-9(11)13)8-6-4-2-3-5-7-8/h2-5,8,13H,6-7H2,1H3/b13-9?,14-10-. The first-order valence-electron chi connectivity index (χ1n) is 4.64. The van der Waals surface area contributed by atoms with Crippen LogP contribution < -0.4 is 0 Å². The van der Waals surface area contributed by atoms with Crippen molar-refractivity contribution in [1.29, 1.82) is 5.41 Å². The van der Waals surface area contributed by atoms with Crippen LogP contribution in [0.15, 0.2) is 29.3 Å². The monoisotopic (exact) mass is 245 g/mol. The van der Waals surface area contributed by atoms with Crippen molar-refractivity contribution >= 4 is 33.8 Å². The van der Waals surface area contributed by atoms with Crippen molar-refractivity contribution in [3.8, 4) is 0 Å². The highest BCUT2D eigenvalue weighted by Crippen LogP contribution is 2.14. The Labute approximate surface area is 99.6 Å². The second kappa shape index (κ2) is 5.93. The highest BCUT2D eigenvalue weighted by Gasteiger charge is 2.15. The zero-order chi connectivity index (χ0) is 11.3. The molecule has 0 atom stereocenters. The van der Waals surface area contributed by atoms with Gasteiger partial charge in [0.05, 0.1) is 0 Å². The van der Waals surface area contributed by atoms with E-state index in [2.05, 4.69) is 17.1 Å². The van der Waals surface area contributed by atoms with E-state index in [-0.39, 0.29) is 16.6 Å². The van der Waals surface area contributed by atoms with Crippen molar-refractivity contribution in [2.75, 3.05) is 7.05 Å². The molecule has 0 bridgehead atoms. The predicted octanol–water partition coefficient (Wildman–Crippen LogP) is 2.96. The summed E-state index contributed by atoms with van der Waals surface area (Å²) < 4.78 is 0. The zero-order valence-corrected chi connectivity index (χ0v) is 9.96. The van der Waals surface area contributed by atoms with Crippen LogP contribution in [0.1, 0.15) is 12.8 Å². The van der Waals surface area contributed by atoms with Gasteiger partial charge in [0.2, 0.25) is 10.6 Å². The minimum atomic E-state index is -0.299. The van der Waals surface area contributed by atoms with Crippen molar-refractivity contribution in [3.05, 3.63) is 24.3 Å². The van der Waals surface area contributed by atoms with Gasteiger partial charge < -0.3 is 4.90 Å². The Morgan fingerprint density at radius 2 is 1.87 bits per heavy atom. The van der Waals surface area contributed by atoms with Gasteiger partial charge in [0, 0.05) is 13.1 Å². The van der Waals surface area contributed by atoms with E-state index in [1.54, 1.807) is 0 Å². The molecule has 0 aliphatic heterocycles. The number of nitrogens with zero attached hydrogens (tertiary/aromatic N) is 2. The Hall–Kier alpha value is -0.800. The molecule has 0 radical (unpaired) electrons. The van der Waals surface area contributed by atoms with Gasteiger partial charge in [-0.15, -0.1) is 0 Å². The lowest BCUT2D eigenvalue weighted by molar-refractivity contribution is 0.376. The molecule has 1 aliphatic carbocycles. The summed E-state index contributed by atoms with van der Waals surface area (Å²) in [5.74, 6) is 0. The van der Waals surface area contributed by atoms with E-state index >= 15 is 0 Å². The molecule has 0 unspecified atom stereocenters. The van der Waals surface area contributed by atoms with Crippen LogP contribution in [0, 0.1) is 5.41 Å².